The Bertz CT molecular complexity index is 627. The van der Waals surface area contributed by atoms with E-state index in [4.69, 9.17) is 0 Å². The van der Waals surface area contributed by atoms with Crippen molar-refractivity contribution in [2.45, 2.75) is 18.6 Å². The van der Waals surface area contributed by atoms with E-state index in [-0.39, 0.29) is 5.91 Å². The maximum Gasteiger partial charge on any atom is 0.227 e. The van der Waals surface area contributed by atoms with E-state index in [0.717, 1.165) is 30.1 Å². The van der Waals surface area contributed by atoms with Gasteiger partial charge in [0.2, 0.25) is 5.91 Å². The fourth-order valence-corrected chi connectivity index (χ4v) is 3.40. The lowest BCUT2D eigenvalue weighted by atomic mass is 10.0. The number of thioether (sulfide) groups is 1. The van der Waals surface area contributed by atoms with Crippen LogP contribution in [0.5, 0.6) is 0 Å². The summed E-state index contributed by atoms with van der Waals surface area (Å²) in [5.74, 6) is 1.57. The Hall–Kier alpha value is -1.81. The average molecular weight is 312 g/mol. The Kier molecular flexibility index (Phi) is 4.78. The van der Waals surface area contributed by atoms with Crippen LogP contribution in [0.3, 0.4) is 0 Å². The van der Waals surface area contributed by atoms with Crippen molar-refractivity contribution in [1.29, 1.82) is 0 Å². The molecule has 1 aromatic carbocycles. The van der Waals surface area contributed by atoms with Crippen molar-refractivity contribution in [3.05, 3.63) is 59.9 Å². The Labute approximate surface area is 135 Å². The van der Waals surface area contributed by atoms with Gasteiger partial charge < -0.3 is 4.90 Å². The molecule has 0 saturated carbocycles. The Morgan fingerprint density at radius 1 is 1.23 bits per heavy atom. The first-order chi connectivity index (χ1) is 10.8. The van der Waals surface area contributed by atoms with Crippen LogP contribution < -0.4 is 4.90 Å². The maximum absolute atomic E-state index is 12.2. The van der Waals surface area contributed by atoms with E-state index < -0.39 is 0 Å². The van der Waals surface area contributed by atoms with Gasteiger partial charge in [-0.2, -0.15) is 11.8 Å². The molecule has 1 aliphatic heterocycles. The molecule has 1 fully saturated rings. The van der Waals surface area contributed by atoms with Gasteiger partial charge in [-0.05, 0) is 42.4 Å². The van der Waals surface area contributed by atoms with E-state index in [0.29, 0.717) is 12.3 Å². The molecular formula is C18H20N2OS. The lowest BCUT2D eigenvalue weighted by molar-refractivity contribution is -0.117. The Morgan fingerprint density at radius 3 is 2.73 bits per heavy atom. The zero-order valence-electron chi connectivity index (χ0n) is 12.7. The van der Waals surface area contributed by atoms with E-state index in [2.05, 4.69) is 23.4 Å². The molecule has 22 heavy (non-hydrogen) atoms. The molecular weight excluding hydrogens is 292 g/mol. The smallest absolute Gasteiger partial charge is 0.227 e. The van der Waals surface area contributed by atoms with Crippen LogP contribution in [0.4, 0.5) is 5.69 Å². The van der Waals surface area contributed by atoms with Crippen LogP contribution in [-0.2, 0) is 17.0 Å². The Balaban J connectivity index is 1.63. The highest BCUT2D eigenvalue weighted by molar-refractivity contribution is 7.97. The second kappa shape index (κ2) is 6.97. The predicted octanol–water partition coefficient (Wildman–Crippen LogP) is 3.54. The minimum absolute atomic E-state index is 0.218. The number of carbonyl (C=O) groups is 1. The van der Waals surface area contributed by atoms with E-state index in [9.17, 15) is 4.79 Å². The van der Waals surface area contributed by atoms with Crippen LogP contribution in [0.25, 0.3) is 0 Å². The lowest BCUT2D eigenvalue weighted by Crippen LogP contribution is -2.24. The number of hydrogen-bond acceptors (Lipinski definition) is 3. The van der Waals surface area contributed by atoms with Crippen molar-refractivity contribution in [3.8, 4) is 0 Å². The van der Waals surface area contributed by atoms with Gasteiger partial charge in [0.1, 0.15) is 0 Å². The number of pyridine rings is 1. The summed E-state index contributed by atoms with van der Waals surface area (Å²) in [6.45, 7) is 0.789. The SMILES string of the molecule is CSCc1ccc(C[C@@H]2CC(=O)N(c3ccccc3)C2)nc1. The third-order valence-corrected chi connectivity index (χ3v) is 4.59. The van der Waals surface area contributed by atoms with Crippen LogP contribution in [0.2, 0.25) is 0 Å². The summed E-state index contributed by atoms with van der Waals surface area (Å²) in [7, 11) is 0. The molecule has 3 rings (SSSR count). The van der Waals surface area contributed by atoms with E-state index >= 15 is 0 Å². The Morgan fingerprint density at radius 2 is 2.05 bits per heavy atom. The van der Waals surface area contributed by atoms with Crippen molar-refractivity contribution in [1.82, 2.24) is 4.98 Å². The quantitative estimate of drug-likeness (QED) is 0.846. The first-order valence-corrected chi connectivity index (χ1v) is 8.94. The molecule has 1 atom stereocenters. The highest BCUT2D eigenvalue weighted by Crippen LogP contribution is 2.26. The van der Waals surface area contributed by atoms with Gasteiger partial charge in [0.25, 0.3) is 0 Å². The number of carbonyl (C=O) groups excluding carboxylic acids is 1. The summed E-state index contributed by atoms with van der Waals surface area (Å²) < 4.78 is 0. The zero-order chi connectivity index (χ0) is 15.4. The van der Waals surface area contributed by atoms with Crippen molar-refractivity contribution >= 4 is 23.4 Å². The van der Waals surface area contributed by atoms with Gasteiger partial charge in [-0.3, -0.25) is 9.78 Å². The molecule has 1 amide bonds. The summed E-state index contributed by atoms with van der Waals surface area (Å²) in [5.41, 5.74) is 3.33. The number of benzene rings is 1. The molecule has 1 saturated heterocycles. The van der Waals surface area contributed by atoms with Crippen LogP contribution in [0.15, 0.2) is 48.7 Å². The molecule has 0 bridgehead atoms. The van der Waals surface area contributed by atoms with Gasteiger partial charge in [-0.15, -0.1) is 0 Å². The summed E-state index contributed by atoms with van der Waals surface area (Å²) in [6, 6.07) is 14.2. The molecule has 1 aliphatic rings. The molecule has 114 valence electrons. The van der Waals surface area contributed by atoms with Crippen LogP contribution in [0.1, 0.15) is 17.7 Å². The molecule has 0 aliphatic carbocycles. The predicted molar refractivity (Wildman–Crippen MR) is 92.1 cm³/mol. The van der Waals surface area contributed by atoms with E-state index in [1.165, 1.54) is 5.56 Å². The van der Waals surface area contributed by atoms with E-state index in [1.807, 2.05) is 41.4 Å². The number of amides is 1. The topological polar surface area (TPSA) is 33.2 Å². The molecule has 4 heteroatoms. The number of hydrogen-bond donors (Lipinski definition) is 0. The van der Waals surface area contributed by atoms with Crippen molar-refractivity contribution in [2.75, 3.05) is 17.7 Å². The number of anilines is 1. The molecule has 0 N–H and O–H groups in total. The minimum atomic E-state index is 0.218. The highest BCUT2D eigenvalue weighted by Gasteiger charge is 2.30. The molecule has 2 aromatic rings. The largest absolute Gasteiger partial charge is 0.312 e. The first kappa shape index (κ1) is 15.1. The molecule has 1 aromatic heterocycles. The second-order valence-electron chi connectivity index (χ2n) is 5.70. The fraction of sp³-hybridized carbons (Fsp3) is 0.333. The molecule has 0 unspecified atom stereocenters. The van der Waals surface area contributed by atoms with Gasteiger partial charge in [0, 0.05) is 36.3 Å². The van der Waals surface area contributed by atoms with Crippen molar-refractivity contribution < 1.29 is 4.79 Å². The highest BCUT2D eigenvalue weighted by atomic mass is 32.2. The number of aromatic nitrogens is 1. The maximum atomic E-state index is 12.2. The summed E-state index contributed by atoms with van der Waals surface area (Å²) >= 11 is 1.80. The summed E-state index contributed by atoms with van der Waals surface area (Å²) in [5, 5.41) is 0. The standard InChI is InChI=1S/C18H20N2OS/c1-22-13-14-7-8-16(19-11-14)9-15-10-18(21)20(12-15)17-5-3-2-4-6-17/h2-8,11,15H,9-10,12-13H2,1H3/t15-/m1/s1. The number of rotatable bonds is 5. The van der Waals surface area contributed by atoms with Gasteiger partial charge in [0.05, 0.1) is 0 Å². The van der Waals surface area contributed by atoms with Crippen molar-refractivity contribution in [3.63, 3.8) is 0 Å². The molecule has 2 heterocycles. The minimum Gasteiger partial charge on any atom is -0.312 e. The summed E-state index contributed by atoms with van der Waals surface area (Å²) in [4.78, 5) is 18.7. The fourth-order valence-electron chi connectivity index (χ4n) is 2.90. The van der Waals surface area contributed by atoms with Crippen LogP contribution in [0, 0.1) is 5.92 Å². The first-order valence-electron chi connectivity index (χ1n) is 7.54. The van der Waals surface area contributed by atoms with Gasteiger partial charge >= 0.3 is 0 Å². The van der Waals surface area contributed by atoms with E-state index in [1.54, 1.807) is 11.8 Å². The van der Waals surface area contributed by atoms with Gasteiger partial charge in [-0.25, -0.2) is 0 Å². The van der Waals surface area contributed by atoms with Gasteiger partial charge in [0.15, 0.2) is 0 Å². The molecule has 0 radical (unpaired) electrons. The van der Waals surface area contributed by atoms with Crippen molar-refractivity contribution in [2.24, 2.45) is 5.92 Å². The average Bonchev–Trinajstić information content (AvgIpc) is 2.91. The third kappa shape index (κ3) is 3.50. The van der Waals surface area contributed by atoms with Crippen LogP contribution >= 0.6 is 11.8 Å². The number of para-hydroxylation sites is 1. The third-order valence-electron chi connectivity index (χ3n) is 3.97. The molecule has 3 nitrogen and oxygen atoms in total. The zero-order valence-corrected chi connectivity index (χ0v) is 13.6. The normalized spacial score (nSPS) is 18.0. The lowest BCUT2D eigenvalue weighted by Gasteiger charge is -2.16. The van der Waals surface area contributed by atoms with Crippen LogP contribution in [-0.4, -0.2) is 23.7 Å². The van der Waals surface area contributed by atoms with Gasteiger partial charge in [-0.1, -0.05) is 24.3 Å². The number of nitrogens with zero attached hydrogens (tertiary/aromatic N) is 2. The molecule has 0 spiro atoms. The monoisotopic (exact) mass is 312 g/mol. The summed E-state index contributed by atoms with van der Waals surface area (Å²) in [6.07, 6.45) is 5.53. The second-order valence-corrected chi connectivity index (χ2v) is 6.57.